The van der Waals surface area contributed by atoms with Gasteiger partial charge < -0.3 is 9.30 Å². The summed E-state index contributed by atoms with van der Waals surface area (Å²) in [4.78, 5) is 11.2. The normalized spacial score (nSPS) is 16.3. The number of esters is 1. The van der Waals surface area contributed by atoms with Crippen molar-refractivity contribution in [2.24, 2.45) is 5.92 Å². The number of ether oxygens (including phenoxy) is 1. The number of nitrogens with zero attached hydrogens (tertiary/aromatic N) is 3. The fourth-order valence-electron chi connectivity index (χ4n) is 2.73. The molecule has 0 spiro atoms. The van der Waals surface area contributed by atoms with Crippen molar-refractivity contribution in [3.8, 4) is 0 Å². The van der Waals surface area contributed by atoms with Crippen LogP contribution in [0.2, 0.25) is 0 Å². The first-order valence-corrected chi connectivity index (χ1v) is 8.34. The molecule has 5 nitrogen and oxygen atoms in total. The number of methoxy groups -OCH3 is 1. The second-order valence-corrected chi connectivity index (χ2v) is 6.16. The van der Waals surface area contributed by atoms with E-state index in [-0.39, 0.29) is 11.7 Å². The largest absolute Gasteiger partial charge is 0.468 e. The molecule has 1 fully saturated rings. The van der Waals surface area contributed by atoms with Crippen LogP contribution in [-0.4, -0.2) is 33.6 Å². The van der Waals surface area contributed by atoms with Gasteiger partial charge in [-0.15, -0.1) is 10.2 Å². The van der Waals surface area contributed by atoms with Gasteiger partial charge in [-0.2, -0.15) is 0 Å². The zero-order valence-corrected chi connectivity index (χ0v) is 13.1. The summed E-state index contributed by atoms with van der Waals surface area (Å²) in [5.41, 5.74) is 0. The van der Waals surface area contributed by atoms with Crippen LogP contribution in [0.25, 0.3) is 0 Å². The third-order valence-corrected chi connectivity index (χ3v) is 4.79. The maximum Gasteiger partial charge on any atom is 0.316 e. The maximum absolute atomic E-state index is 11.2. The molecule has 1 aliphatic carbocycles. The SMILES string of the molecule is CCn1c(CC2CCCCC2)nnc1SCC(=O)OC. The van der Waals surface area contributed by atoms with Gasteiger partial charge in [0.05, 0.1) is 12.9 Å². The molecule has 0 bridgehead atoms. The second kappa shape index (κ2) is 7.67. The summed E-state index contributed by atoms with van der Waals surface area (Å²) in [7, 11) is 1.40. The van der Waals surface area contributed by atoms with E-state index in [1.165, 1.54) is 51.0 Å². The highest BCUT2D eigenvalue weighted by atomic mass is 32.2. The molecular weight excluding hydrogens is 274 g/mol. The van der Waals surface area contributed by atoms with E-state index >= 15 is 0 Å². The van der Waals surface area contributed by atoms with E-state index < -0.39 is 0 Å². The van der Waals surface area contributed by atoms with Crippen molar-refractivity contribution in [2.75, 3.05) is 12.9 Å². The minimum Gasteiger partial charge on any atom is -0.468 e. The molecule has 2 rings (SSSR count). The number of thioether (sulfide) groups is 1. The summed E-state index contributed by atoms with van der Waals surface area (Å²) in [6, 6.07) is 0. The zero-order valence-electron chi connectivity index (χ0n) is 12.3. The van der Waals surface area contributed by atoms with Crippen LogP contribution in [0.5, 0.6) is 0 Å². The van der Waals surface area contributed by atoms with E-state index in [9.17, 15) is 4.79 Å². The molecule has 20 heavy (non-hydrogen) atoms. The quantitative estimate of drug-likeness (QED) is 0.597. The Hall–Kier alpha value is -1.04. The van der Waals surface area contributed by atoms with Crippen molar-refractivity contribution in [2.45, 2.75) is 57.1 Å². The monoisotopic (exact) mass is 297 g/mol. The van der Waals surface area contributed by atoms with Gasteiger partial charge in [0, 0.05) is 13.0 Å². The zero-order chi connectivity index (χ0) is 14.4. The summed E-state index contributed by atoms with van der Waals surface area (Å²) in [6.07, 6.45) is 7.68. The molecule has 0 unspecified atom stereocenters. The van der Waals surface area contributed by atoms with Crippen molar-refractivity contribution in [3.05, 3.63) is 5.82 Å². The van der Waals surface area contributed by atoms with Gasteiger partial charge in [-0.1, -0.05) is 43.9 Å². The minimum atomic E-state index is -0.227. The van der Waals surface area contributed by atoms with E-state index in [0.29, 0.717) is 0 Å². The predicted molar refractivity (Wildman–Crippen MR) is 78.7 cm³/mol. The lowest BCUT2D eigenvalue weighted by molar-refractivity contribution is -0.137. The van der Waals surface area contributed by atoms with Crippen molar-refractivity contribution in [3.63, 3.8) is 0 Å². The first-order chi connectivity index (χ1) is 9.74. The molecule has 1 aromatic heterocycles. The summed E-state index contributed by atoms with van der Waals surface area (Å²) in [5.74, 6) is 1.87. The van der Waals surface area contributed by atoms with Crippen LogP contribution in [0.15, 0.2) is 5.16 Å². The molecule has 0 atom stereocenters. The molecule has 1 aromatic rings. The molecule has 0 amide bonds. The summed E-state index contributed by atoms with van der Waals surface area (Å²) >= 11 is 1.40. The average molecular weight is 297 g/mol. The van der Waals surface area contributed by atoms with Crippen LogP contribution >= 0.6 is 11.8 Å². The van der Waals surface area contributed by atoms with Crippen molar-refractivity contribution >= 4 is 17.7 Å². The number of hydrogen-bond acceptors (Lipinski definition) is 5. The topological polar surface area (TPSA) is 57.0 Å². The van der Waals surface area contributed by atoms with Gasteiger partial charge in [0.2, 0.25) is 0 Å². The minimum absolute atomic E-state index is 0.227. The van der Waals surface area contributed by atoms with Crippen molar-refractivity contribution < 1.29 is 9.53 Å². The fourth-order valence-corrected chi connectivity index (χ4v) is 3.58. The Morgan fingerprint density at radius 3 is 2.75 bits per heavy atom. The van der Waals surface area contributed by atoms with E-state index in [1.54, 1.807) is 0 Å². The molecule has 1 heterocycles. The van der Waals surface area contributed by atoms with Crippen molar-refractivity contribution in [1.82, 2.24) is 14.8 Å². The molecule has 0 aliphatic heterocycles. The van der Waals surface area contributed by atoms with E-state index in [2.05, 4.69) is 26.4 Å². The van der Waals surface area contributed by atoms with Gasteiger partial charge >= 0.3 is 5.97 Å². The third kappa shape index (κ3) is 3.98. The lowest BCUT2D eigenvalue weighted by atomic mass is 9.87. The molecule has 6 heteroatoms. The molecule has 0 N–H and O–H groups in total. The van der Waals surface area contributed by atoms with E-state index in [4.69, 9.17) is 0 Å². The van der Waals surface area contributed by atoms with Gasteiger partial charge in [-0.05, 0) is 12.8 Å². The van der Waals surface area contributed by atoms with Gasteiger partial charge in [0.1, 0.15) is 5.82 Å². The van der Waals surface area contributed by atoms with Crippen LogP contribution in [-0.2, 0) is 22.5 Å². The van der Waals surface area contributed by atoms with Gasteiger partial charge in [0.25, 0.3) is 0 Å². The Morgan fingerprint density at radius 2 is 2.10 bits per heavy atom. The summed E-state index contributed by atoms with van der Waals surface area (Å²) in [5, 5.41) is 9.37. The Bertz CT molecular complexity index is 442. The van der Waals surface area contributed by atoms with E-state index in [1.807, 2.05) is 0 Å². The number of carbonyl (C=O) groups is 1. The molecule has 0 aromatic carbocycles. The van der Waals surface area contributed by atoms with Crippen molar-refractivity contribution in [1.29, 1.82) is 0 Å². The molecule has 112 valence electrons. The Kier molecular flexibility index (Phi) is 5.88. The first kappa shape index (κ1) is 15.4. The van der Waals surface area contributed by atoms with Gasteiger partial charge in [-0.3, -0.25) is 4.79 Å². The number of carbonyl (C=O) groups excluding carboxylic acids is 1. The standard InChI is InChI=1S/C14H23N3O2S/c1-3-17-12(9-11-7-5-4-6-8-11)15-16-14(17)20-10-13(18)19-2/h11H,3-10H2,1-2H3. The lowest BCUT2D eigenvalue weighted by Gasteiger charge is -2.21. The smallest absolute Gasteiger partial charge is 0.316 e. The Morgan fingerprint density at radius 1 is 1.35 bits per heavy atom. The van der Waals surface area contributed by atoms with Crippen LogP contribution in [0.1, 0.15) is 44.9 Å². The highest BCUT2D eigenvalue weighted by Gasteiger charge is 2.19. The van der Waals surface area contributed by atoms with E-state index in [0.717, 1.165) is 29.9 Å². The lowest BCUT2D eigenvalue weighted by Crippen LogP contribution is -2.13. The maximum atomic E-state index is 11.2. The highest BCUT2D eigenvalue weighted by Crippen LogP contribution is 2.27. The van der Waals surface area contributed by atoms with Crippen LogP contribution in [0, 0.1) is 5.92 Å². The van der Waals surface area contributed by atoms with Crippen LogP contribution in [0.4, 0.5) is 0 Å². The summed E-state index contributed by atoms with van der Waals surface area (Å²) in [6.45, 7) is 2.94. The second-order valence-electron chi connectivity index (χ2n) is 5.22. The number of rotatable bonds is 6. The fraction of sp³-hybridized carbons (Fsp3) is 0.786. The average Bonchev–Trinajstić information content (AvgIpc) is 2.87. The number of hydrogen-bond donors (Lipinski definition) is 0. The summed E-state index contributed by atoms with van der Waals surface area (Å²) < 4.78 is 6.78. The molecule has 0 saturated heterocycles. The van der Waals surface area contributed by atoms with Gasteiger partial charge in [-0.25, -0.2) is 0 Å². The van der Waals surface area contributed by atoms with Gasteiger partial charge in [0.15, 0.2) is 5.16 Å². The molecule has 1 saturated carbocycles. The number of aromatic nitrogens is 3. The van der Waals surface area contributed by atoms with Crippen LogP contribution < -0.4 is 0 Å². The predicted octanol–water partition coefficient (Wildman–Crippen LogP) is 2.69. The third-order valence-electron chi connectivity index (χ3n) is 3.85. The highest BCUT2D eigenvalue weighted by molar-refractivity contribution is 7.99. The van der Waals surface area contributed by atoms with Crippen LogP contribution in [0.3, 0.4) is 0 Å². The molecule has 0 radical (unpaired) electrons. The Labute approximate surface area is 124 Å². The first-order valence-electron chi connectivity index (χ1n) is 7.36. The Balaban J connectivity index is 1.98. The molecular formula is C14H23N3O2S. The molecule has 1 aliphatic rings.